The predicted octanol–water partition coefficient (Wildman–Crippen LogP) is 3.59. The third kappa shape index (κ3) is 5.01. The highest BCUT2D eigenvalue weighted by molar-refractivity contribution is 6.31. The highest BCUT2D eigenvalue weighted by Gasteiger charge is 2.12. The normalized spacial score (nSPS) is 12.0. The van der Waals surface area contributed by atoms with E-state index in [1.165, 1.54) is 12.1 Å². The second-order valence-corrected chi connectivity index (χ2v) is 5.54. The fourth-order valence-electron chi connectivity index (χ4n) is 2.11. The summed E-state index contributed by atoms with van der Waals surface area (Å²) in [5.74, 6) is -1.50. The molecule has 2 aromatic rings. The van der Waals surface area contributed by atoms with Gasteiger partial charge in [0.25, 0.3) is 0 Å². The van der Waals surface area contributed by atoms with Gasteiger partial charge < -0.3 is 10.6 Å². The van der Waals surface area contributed by atoms with E-state index in [-0.39, 0.29) is 12.5 Å². The molecule has 122 valence electrons. The molecular formula is C17H17ClF2N2O. The van der Waals surface area contributed by atoms with Gasteiger partial charge in [-0.1, -0.05) is 35.9 Å². The minimum atomic E-state index is -0.638. The Hall–Kier alpha value is -1.98. The monoisotopic (exact) mass is 338 g/mol. The molecule has 2 rings (SSSR count). The van der Waals surface area contributed by atoms with E-state index < -0.39 is 17.7 Å². The SMILES string of the molecule is C[C@@H](NCC(=O)NCc1ccccc1Cl)c1ccc(F)cc1F. The number of halogens is 3. The van der Waals surface area contributed by atoms with E-state index in [0.717, 1.165) is 11.6 Å². The van der Waals surface area contributed by atoms with Gasteiger partial charge >= 0.3 is 0 Å². The average Bonchev–Trinajstić information content (AvgIpc) is 2.52. The molecule has 0 aliphatic carbocycles. The minimum absolute atomic E-state index is 0.0163. The molecule has 0 heterocycles. The lowest BCUT2D eigenvalue weighted by Crippen LogP contribution is -2.35. The van der Waals surface area contributed by atoms with Crippen molar-refractivity contribution in [3.05, 3.63) is 70.2 Å². The zero-order valence-electron chi connectivity index (χ0n) is 12.6. The summed E-state index contributed by atoms with van der Waals surface area (Å²) in [5, 5.41) is 6.22. The minimum Gasteiger partial charge on any atom is -0.351 e. The molecule has 1 atom stereocenters. The number of nitrogens with one attached hydrogen (secondary N) is 2. The van der Waals surface area contributed by atoms with Crippen LogP contribution in [0.2, 0.25) is 5.02 Å². The van der Waals surface area contributed by atoms with Crippen molar-refractivity contribution in [2.24, 2.45) is 0 Å². The predicted molar refractivity (Wildman–Crippen MR) is 86.1 cm³/mol. The molecule has 0 spiro atoms. The van der Waals surface area contributed by atoms with Crippen LogP contribution in [-0.4, -0.2) is 12.5 Å². The summed E-state index contributed by atoms with van der Waals surface area (Å²) in [6.45, 7) is 2.04. The van der Waals surface area contributed by atoms with Crippen LogP contribution in [0, 0.1) is 11.6 Å². The molecule has 23 heavy (non-hydrogen) atoms. The number of amides is 1. The van der Waals surface area contributed by atoms with Gasteiger partial charge in [0.2, 0.25) is 5.91 Å². The van der Waals surface area contributed by atoms with Gasteiger partial charge in [-0.3, -0.25) is 4.79 Å². The van der Waals surface area contributed by atoms with Crippen LogP contribution < -0.4 is 10.6 Å². The maximum absolute atomic E-state index is 13.6. The zero-order chi connectivity index (χ0) is 16.8. The van der Waals surface area contributed by atoms with Crippen molar-refractivity contribution in [1.29, 1.82) is 0 Å². The number of hydrogen-bond acceptors (Lipinski definition) is 2. The molecular weight excluding hydrogens is 322 g/mol. The first-order valence-corrected chi connectivity index (χ1v) is 7.53. The second kappa shape index (κ2) is 8.04. The van der Waals surface area contributed by atoms with Gasteiger partial charge in [0.1, 0.15) is 11.6 Å². The number of rotatable bonds is 6. The van der Waals surface area contributed by atoms with Crippen molar-refractivity contribution < 1.29 is 13.6 Å². The van der Waals surface area contributed by atoms with Crippen LogP contribution in [0.15, 0.2) is 42.5 Å². The molecule has 0 saturated carbocycles. The summed E-state index contributed by atoms with van der Waals surface area (Å²) in [4.78, 5) is 11.8. The Morgan fingerprint density at radius 3 is 2.65 bits per heavy atom. The fraction of sp³-hybridized carbons (Fsp3) is 0.235. The Morgan fingerprint density at radius 2 is 1.96 bits per heavy atom. The van der Waals surface area contributed by atoms with Crippen LogP contribution >= 0.6 is 11.6 Å². The van der Waals surface area contributed by atoms with Crippen LogP contribution in [-0.2, 0) is 11.3 Å². The van der Waals surface area contributed by atoms with Gasteiger partial charge in [-0.15, -0.1) is 0 Å². The summed E-state index contributed by atoms with van der Waals surface area (Å²) < 4.78 is 26.5. The molecule has 2 N–H and O–H groups in total. The van der Waals surface area contributed by atoms with Gasteiger partial charge in [0, 0.05) is 29.2 Å². The summed E-state index contributed by atoms with van der Waals surface area (Å²) in [7, 11) is 0. The van der Waals surface area contributed by atoms with Gasteiger partial charge in [-0.05, 0) is 24.6 Å². The lowest BCUT2D eigenvalue weighted by molar-refractivity contribution is -0.120. The van der Waals surface area contributed by atoms with Crippen molar-refractivity contribution >= 4 is 17.5 Å². The van der Waals surface area contributed by atoms with Crippen molar-refractivity contribution in [3.8, 4) is 0 Å². The number of hydrogen-bond donors (Lipinski definition) is 2. The second-order valence-electron chi connectivity index (χ2n) is 5.14. The maximum atomic E-state index is 13.6. The molecule has 0 aliphatic heterocycles. The van der Waals surface area contributed by atoms with Crippen molar-refractivity contribution in [3.63, 3.8) is 0 Å². The smallest absolute Gasteiger partial charge is 0.234 e. The topological polar surface area (TPSA) is 41.1 Å². The lowest BCUT2D eigenvalue weighted by Gasteiger charge is -2.15. The highest BCUT2D eigenvalue weighted by atomic mass is 35.5. The third-order valence-electron chi connectivity index (χ3n) is 3.43. The van der Waals surface area contributed by atoms with E-state index in [2.05, 4.69) is 10.6 Å². The van der Waals surface area contributed by atoms with Crippen LogP contribution in [0.5, 0.6) is 0 Å². The zero-order valence-corrected chi connectivity index (χ0v) is 13.3. The molecule has 0 unspecified atom stereocenters. The molecule has 0 radical (unpaired) electrons. The van der Waals surface area contributed by atoms with Crippen LogP contribution in [0.4, 0.5) is 8.78 Å². The fourth-order valence-corrected chi connectivity index (χ4v) is 2.31. The van der Waals surface area contributed by atoms with E-state index in [1.54, 1.807) is 13.0 Å². The molecule has 0 saturated heterocycles. The van der Waals surface area contributed by atoms with E-state index in [4.69, 9.17) is 11.6 Å². The standard InChI is InChI=1S/C17H17ClF2N2O/c1-11(14-7-6-13(19)8-16(14)20)21-10-17(23)22-9-12-4-2-3-5-15(12)18/h2-8,11,21H,9-10H2,1H3,(H,22,23)/t11-/m1/s1. The van der Waals surface area contributed by atoms with Gasteiger partial charge in [0.15, 0.2) is 0 Å². The lowest BCUT2D eigenvalue weighted by atomic mass is 10.1. The Bertz CT molecular complexity index is 694. The molecule has 6 heteroatoms. The Kier molecular flexibility index (Phi) is 6.07. The quantitative estimate of drug-likeness (QED) is 0.845. The van der Waals surface area contributed by atoms with E-state index >= 15 is 0 Å². The number of carbonyl (C=O) groups is 1. The first kappa shape index (κ1) is 17.4. The first-order chi connectivity index (χ1) is 11.0. The Labute approximate surface area is 138 Å². The number of carbonyl (C=O) groups excluding carboxylic acids is 1. The van der Waals surface area contributed by atoms with E-state index in [1.807, 2.05) is 18.2 Å². The average molecular weight is 339 g/mol. The van der Waals surface area contributed by atoms with Gasteiger partial charge in [-0.25, -0.2) is 8.78 Å². The van der Waals surface area contributed by atoms with E-state index in [9.17, 15) is 13.6 Å². The summed E-state index contributed by atoms with van der Waals surface area (Å²) in [6.07, 6.45) is 0. The Morgan fingerprint density at radius 1 is 1.22 bits per heavy atom. The maximum Gasteiger partial charge on any atom is 0.234 e. The van der Waals surface area contributed by atoms with Crippen LogP contribution in [0.1, 0.15) is 24.1 Å². The number of benzene rings is 2. The van der Waals surface area contributed by atoms with Crippen molar-refractivity contribution in [1.82, 2.24) is 10.6 Å². The van der Waals surface area contributed by atoms with Gasteiger partial charge in [0.05, 0.1) is 6.54 Å². The summed E-state index contributed by atoms with van der Waals surface area (Å²) in [5.41, 5.74) is 1.13. The largest absolute Gasteiger partial charge is 0.351 e. The van der Waals surface area contributed by atoms with Crippen LogP contribution in [0.3, 0.4) is 0 Å². The van der Waals surface area contributed by atoms with Crippen molar-refractivity contribution in [2.45, 2.75) is 19.5 Å². The first-order valence-electron chi connectivity index (χ1n) is 7.16. The Balaban J connectivity index is 1.83. The molecule has 1 amide bonds. The van der Waals surface area contributed by atoms with Crippen LogP contribution in [0.25, 0.3) is 0 Å². The summed E-state index contributed by atoms with van der Waals surface area (Å²) in [6, 6.07) is 10.2. The molecule has 0 aliphatic rings. The van der Waals surface area contributed by atoms with Crippen molar-refractivity contribution in [2.75, 3.05) is 6.54 Å². The molecule has 0 aromatic heterocycles. The van der Waals surface area contributed by atoms with E-state index in [0.29, 0.717) is 17.1 Å². The molecule has 3 nitrogen and oxygen atoms in total. The molecule has 0 fully saturated rings. The molecule has 0 bridgehead atoms. The third-order valence-corrected chi connectivity index (χ3v) is 3.80. The van der Waals surface area contributed by atoms with Gasteiger partial charge in [-0.2, -0.15) is 0 Å². The summed E-state index contributed by atoms with van der Waals surface area (Å²) >= 11 is 6.01. The molecule has 2 aromatic carbocycles. The highest BCUT2D eigenvalue weighted by Crippen LogP contribution is 2.17.